The van der Waals surface area contributed by atoms with Crippen LogP contribution >= 0.6 is 0 Å². The first-order valence-electron chi connectivity index (χ1n) is 2.08. The van der Waals surface area contributed by atoms with Gasteiger partial charge in [0, 0.05) is 0 Å². The van der Waals surface area contributed by atoms with Crippen LogP contribution in [0.3, 0.4) is 0 Å². The maximum Gasteiger partial charge on any atom is 0.539 e. The van der Waals surface area contributed by atoms with E-state index in [0.717, 1.165) is 0 Å². The molecule has 0 aliphatic rings. The molecule has 8 heteroatoms. The van der Waals surface area contributed by atoms with E-state index in [1.807, 2.05) is 0 Å². The lowest BCUT2D eigenvalue weighted by atomic mass is 11.2. The van der Waals surface area contributed by atoms with Gasteiger partial charge in [-0.3, -0.25) is 0 Å². The molecule has 0 aromatic heterocycles. The molecule has 0 atom stereocenters. The van der Waals surface area contributed by atoms with Crippen molar-refractivity contribution in [1.29, 1.82) is 0 Å². The van der Waals surface area contributed by atoms with Crippen LogP contribution in [0.15, 0.2) is 12.8 Å². The van der Waals surface area contributed by atoms with Gasteiger partial charge in [-0.25, -0.2) is 0 Å². The van der Waals surface area contributed by atoms with Gasteiger partial charge < -0.3 is 4.18 Å². The summed E-state index contributed by atoms with van der Waals surface area (Å²) < 4.78 is 59.4. The highest BCUT2D eigenvalue weighted by Crippen LogP contribution is 2.19. The average Bonchev–Trinajstić information content (AvgIpc) is 1.55. The molecule has 66 valence electrons. The highest BCUT2D eigenvalue weighted by molar-refractivity contribution is 7.82. The zero-order valence-corrected chi connectivity index (χ0v) is 5.78. The highest BCUT2D eigenvalue weighted by Gasteiger charge is 2.37. The second-order valence-corrected chi connectivity index (χ2v) is 2.38. The minimum absolute atomic E-state index is 0.307. The van der Waals surface area contributed by atoms with Crippen molar-refractivity contribution in [3.63, 3.8) is 0 Å². The minimum Gasteiger partial charge on any atom is -0.370 e. The van der Waals surface area contributed by atoms with E-state index in [1.165, 1.54) is 0 Å². The van der Waals surface area contributed by atoms with E-state index in [0.29, 0.717) is 6.26 Å². The summed E-state index contributed by atoms with van der Waals surface area (Å²) >= 11 is 0. The van der Waals surface area contributed by atoms with Gasteiger partial charge in [0.1, 0.15) is 6.26 Å². The van der Waals surface area contributed by atoms with Gasteiger partial charge in [-0.15, -0.1) is 17.4 Å². The van der Waals surface area contributed by atoms with E-state index in [9.17, 15) is 21.6 Å². The normalized spacial score (nSPS) is 12.6. The Hall–Kier alpha value is -0.760. The predicted molar refractivity (Wildman–Crippen MR) is 27.3 cm³/mol. The summed E-state index contributed by atoms with van der Waals surface area (Å²) in [4.78, 5) is 0. The largest absolute Gasteiger partial charge is 0.539 e. The van der Waals surface area contributed by atoms with Gasteiger partial charge in [0.25, 0.3) is 0 Å². The van der Waals surface area contributed by atoms with Crippen molar-refractivity contribution in [2.75, 3.05) is 0 Å². The first-order valence-corrected chi connectivity index (χ1v) is 3.42. The third-order valence-electron chi connectivity index (χ3n) is 0.382. The molecule has 0 radical (unpaired) electrons. The van der Waals surface area contributed by atoms with Crippen LogP contribution in [0.25, 0.3) is 0 Å². The predicted octanol–water partition coefficient (Wildman–Crippen LogP) is 0.928. The van der Waals surface area contributed by atoms with Crippen molar-refractivity contribution in [3.05, 3.63) is 12.8 Å². The monoisotopic (exact) mass is 192 g/mol. The summed E-state index contributed by atoms with van der Waals surface area (Å²) in [5, 5.41) is 0. The lowest BCUT2D eigenvalue weighted by Crippen LogP contribution is -2.20. The number of hydrogen-bond acceptors (Lipinski definition) is 4. The standard InChI is InChI=1S/C3H3F3O4S/c1-2-9-11(7,8)10-3(4,5)6/h2H,1H2. The summed E-state index contributed by atoms with van der Waals surface area (Å²) in [7, 11) is -5.03. The van der Waals surface area contributed by atoms with Crippen LogP contribution in [0, 0.1) is 0 Å². The van der Waals surface area contributed by atoms with Crippen LogP contribution in [0.1, 0.15) is 0 Å². The van der Waals surface area contributed by atoms with Crippen molar-refractivity contribution < 1.29 is 30.0 Å². The summed E-state index contributed by atoms with van der Waals surface area (Å²) in [5.41, 5.74) is 0. The van der Waals surface area contributed by atoms with Gasteiger partial charge in [0.2, 0.25) is 0 Å². The molecule has 0 aliphatic carbocycles. The van der Waals surface area contributed by atoms with Gasteiger partial charge in [-0.2, -0.15) is 8.42 Å². The summed E-state index contributed by atoms with van der Waals surface area (Å²) in [6.45, 7) is 2.73. The summed E-state index contributed by atoms with van der Waals surface area (Å²) in [6, 6.07) is 0. The molecule has 4 nitrogen and oxygen atoms in total. The van der Waals surface area contributed by atoms with Gasteiger partial charge >= 0.3 is 16.8 Å². The van der Waals surface area contributed by atoms with E-state index in [1.54, 1.807) is 0 Å². The first kappa shape index (κ1) is 10.2. The average molecular weight is 192 g/mol. The highest BCUT2D eigenvalue weighted by atomic mass is 32.3. The quantitative estimate of drug-likeness (QED) is 0.624. The molecule has 0 aromatic rings. The molecule has 0 saturated carbocycles. The molecule has 0 spiro atoms. The minimum atomic E-state index is -5.28. The molecule has 0 rings (SSSR count). The van der Waals surface area contributed by atoms with Crippen LogP contribution < -0.4 is 0 Å². The fourth-order valence-electron chi connectivity index (χ4n) is 0.219. The topological polar surface area (TPSA) is 52.6 Å². The Labute approximate surface area is 60.5 Å². The molecule has 0 amide bonds. The van der Waals surface area contributed by atoms with E-state index in [2.05, 4.69) is 14.9 Å². The Balaban J connectivity index is 4.26. The lowest BCUT2D eigenvalue weighted by molar-refractivity contribution is -0.274. The Morgan fingerprint density at radius 3 is 2.09 bits per heavy atom. The van der Waals surface area contributed by atoms with Crippen LogP contribution in [0.2, 0.25) is 0 Å². The Kier molecular flexibility index (Phi) is 2.88. The fourth-order valence-corrected chi connectivity index (χ4v) is 0.656. The fraction of sp³-hybridized carbons (Fsp3) is 0.333. The van der Waals surface area contributed by atoms with Gasteiger partial charge in [-0.05, 0) is 0 Å². The maximum absolute atomic E-state index is 11.2. The second-order valence-electron chi connectivity index (χ2n) is 1.20. The molecule has 11 heavy (non-hydrogen) atoms. The Morgan fingerprint density at radius 2 is 1.82 bits per heavy atom. The van der Waals surface area contributed by atoms with E-state index in [-0.39, 0.29) is 0 Å². The number of hydrogen-bond donors (Lipinski definition) is 0. The van der Waals surface area contributed by atoms with Crippen molar-refractivity contribution in [2.45, 2.75) is 6.36 Å². The van der Waals surface area contributed by atoms with Crippen molar-refractivity contribution in [3.8, 4) is 0 Å². The summed E-state index contributed by atoms with van der Waals surface area (Å²) in [6.07, 6.45) is -4.97. The molecule has 0 unspecified atom stereocenters. The molecule has 0 N–H and O–H groups in total. The molecule has 0 bridgehead atoms. The molecular formula is C3H3F3O4S. The van der Waals surface area contributed by atoms with E-state index >= 15 is 0 Å². The molecule has 0 aromatic carbocycles. The number of rotatable bonds is 3. The van der Waals surface area contributed by atoms with Crippen LogP contribution in [0.5, 0.6) is 0 Å². The van der Waals surface area contributed by atoms with Crippen molar-refractivity contribution in [1.82, 2.24) is 0 Å². The smallest absolute Gasteiger partial charge is 0.370 e. The van der Waals surface area contributed by atoms with Crippen molar-refractivity contribution >= 4 is 10.4 Å². The Bertz CT molecular complexity index is 227. The van der Waals surface area contributed by atoms with E-state index in [4.69, 9.17) is 0 Å². The van der Waals surface area contributed by atoms with Gasteiger partial charge in [0.15, 0.2) is 0 Å². The zero-order valence-electron chi connectivity index (χ0n) is 4.96. The zero-order chi connectivity index (χ0) is 9.12. The number of halogens is 3. The SMILES string of the molecule is C=COS(=O)(=O)OC(F)(F)F. The van der Waals surface area contributed by atoms with Gasteiger partial charge in [0.05, 0.1) is 0 Å². The van der Waals surface area contributed by atoms with Gasteiger partial charge in [-0.1, -0.05) is 6.58 Å². The number of alkyl halides is 3. The maximum atomic E-state index is 11.2. The summed E-state index contributed by atoms with van der Waals surface area (Å²) in [5.74, 6) is 0. The first-order chi connectivity index (χ1) is 4.77. The third kappa shape index (κ3) is 5.67. The molecule has 0 fully saturated rings. The second kappa shape index (κ2) is 3.09. The molecule has 0 heterocycles. The molecule has 0 saturated heterocycles. The molecule has 0 aliphatic heterocycles. The van der Waals surface area contributed by atoms with Crippen molar-refractivity contribution in [2.24, 2.45) is 0 Å². The van der Waals surface area contributed by atoms with Crippen LogP contribution in [-0.4, -0.2) is 14.8 Å². The van der Waals surface area contributed by atoms with Crippen LogP contribution in [-0.2, 0) is 18.8 Å². The lowest BCUT2D eigenvalue weighted by Gasteiger charge is -2.04. The molecular weight excluding hydrogens is 189 g/mol. The Morgan fingerprint density at radius 1 is 1.36 bits per heavy atom. The third-order valence-corrected chi connectivity index (χ3v) is 1.15. The van der Waals surface area contributed by atoms with E-state index < -0.39 is 16.8 Å². The van der Waals surface area contributed by atoms with Crippen LogP contribution in [0.4, 0.5) is 13.2 Å².